The van der Waals surface area contributed by atoms with Crippen molar-refractivity contribution in [1.82, 2.24) is 5.32 Å². The van der Waals surface area contributed by atoms with E-state index in [1.807, 2.05) is 31.2 Å². The second-order valence-corrected chi connectivity index (χ2v) is 4.01. The van der Waals surface area contributed by atoms with Crippen molar-refractivity contribution in [2.24, 2.45) is 0 Å². The fourth-order valence-corrected chi connectivity index (χ4v) is 1.55. The number of amides is 1. The lowest BCUT2D eigenvalue weighted by molar-refractivity contribution is -0.119. The van der Waals surface area contributed by atoms with Gasteiger partial charge in [0.15, 0.2) is 0 Å². The van der Waals surface area contributed by atoms with Crippen molar-refractivity contribution in [3.63, 3.8) is 0 Å². The number of carbonyl (C=O) groups excluding carboxylic acids is 1. The third-order valence-electron chi connectivity index (χ3n) is 2.45. The molecule has 1 aromatic carbocycles. The third kappa shape index (κ3) is 6.67. The Labute approximate surface area is 114 Å². The number of hydrogen-bond acceptors (Lipinski definition) is 4. The molecule has 0 bridgehead atoms. The summed E-state index contributed by atoms with van der Waals surface area (Å²) in [4.78, 5) is 11.5. The molecule has 5 nitrogen and oxygen atoms in total. The zero-order chi connectivity index (χ0) is 13.9. The monoisotopic (exact) mass is 266 g/mol. The summed E-state index contributed by atoms with van der Waals surface area (Å²) in [5.74, 6) is 0.769. The van der Waals surface area contributed by atoms with Crippen molar-refractivity contribution in [2.45, 2.75) is 13.3 Å². The Balaban J connectivity index is 2.27. The van der Waals surface area contributed by atoms with Gasteiger partial charge in [-0.2, -0.15) is 0 Å². The Morgan fingerprint density at radius 1 is 1.37 bits per heavy atom. The molecule has 19 heavy (non-hydrogen) atoms. The van der Waals surface area contributed by atoms with E-state index in [-0.39, 0.29) is 12.5 Å². The van der Waals surface area contributed by atoms with Gasteiger partial charge in [-0.15, -0.1) is 0 Å². The van der Waals surface area contributed by atoms with Crippen LogP contribution >= 0.6 is 0 Å². The molecule has 0 aliphatic carbocycles. The zero-order valence-electron chi connectivity index (χ0n) is 11.6. The smallest absolute Gasteiger partial charge is 0.239 e. The quantitative estimate of drug-likeness (QED) is 0.667. The Morgan fingerprint density at radius 2 is 2.21 bits per heavy atom. The molecule has 0 aliphatic rings. The van der Waals surface area contributed by atoms with Crippen LogP contribution in [0.1, 0.15) is 13.3 Å². The first-order valence-electron chi connectivity index (χ1n) is 6.48. The maximum absolute atomic E-state index is 11.5. The molecule has 5 heteroatoms. The van der Waals surface area contributed by atoms with E-state index in [9.17, 15) is 4.79 Å². The van der Waals surface area contributed by atoms with Crippen LogP contribution in [0.3, 0.4) is 0 Å². The van der Waals surface area contributed by atoms with E-state index in [4.69, 9.17) is 9.47 Å². The molecule has 1 amide bonds. The van der Waals surface area contributed by atoms with Gasteiger partial charge in [-0.1, -0.05) is 6.07 Å². The number of ether oxygens (including phenoxy) is 2. The molecule has 106 valence electrons. The molecule has 0 fully saturated rings. The number of hydrogen-bond donors (Lipinski definition) is 2. The molecule has 0 aliphatic heterocycles. The minimum atomic E-state index is -0.0297. The first-order chi connectivity index (χ1) is 9.26. The Bertz CT molecular complexity index is 383. The first-order valence-corrected chi connectivity index (χ1v) is 6.48. The van der Waals surface area contributed by atoms with Crippen LogP contribution in [0.25, 0.3) is 0 Å². The van der Waals surface area contributed by atoms with E-state index in [1.54, 1.807) is 7.11 Å². The number of carbonyl (C=O) groups is 1. The summed E-state index contributed by atoms with van der Waals surface area (Å²) in [5.41, 5.74) is 0.873. The predicted molar refractivity (Wildman–Crippen MR) is 75.6 cm³/mol. The second kappa shape index (κ2) is 9.22. The number of methoxy groups -OCH3 is 1. The van der Waals surface area contributed by atoms with E-state index in [2.05, 4.69) is 10.6 Å². The van der Waals surface area contributed by atoms with Crippen molar-refractivity contribution in [2.75, 3.05) is 38.7 Å². The lowest BCUT2D eigenvalue weighted by Gasteiger charge is -2.09. The third-order valence-corrected chi connectivity index (χ3v) is 2.45. The molecule has 0 unspecified atom stereocenters. The van der Waals surface area contributed by atoms with Crippen molar-refractivity contribution in [1.29, 1.82) is 0 Å². The topological polar surface area (TPSA) is 59.6 Å². The fourth-order valence-electron chi connectivity index (χ4n) is 1.55. The van der Waals surface area contributed by atoms with E-state index >= 15 is 0 Å². The first kappa shape index (κ1) is 15.3. The summed E-state index contributed by atoms with van der Waals surface area (Å²) in [6.45, 7) is 4.11. The number of rotatable bonds is 9. The standard InChI is InChI=1S/C14H22N2O3/c1-3-19-13-7-4-6-12(10-13)16-11-14(17)15-8-5-9-18-2/h4,6-7,10,16H,3,5,8-9,11H2,1-2H3,(H,15,17). The largest absolute Gasteiger partial charge is 0.494 e. The average Bonchev–Trinajstić information content (AvgIpc) is 2.42. The van der Waals surface area contributed by atoms with Gasteiger partial charge in [0.2, 0.25) is 5.91 Å². The van der Waals surface area contributed by atoms with Gasteiger partial charge >= 0.3 is 0 Å². The van der Waals surface area contributed by atoms with Gasteiger partial charge < -0.3 is 20.1 Å². The van der Waals surface area contributed by atoms with E-state index in [1.165, 1.54) is 0 Å². The maximum atomic E-state index is 11.5. The highest BCUT2D eigenvalue weighted by atomic mass is 16.5. The molecule has 0 aromatic heterocycles. The van der Waals surface area contributed by atoms with Crippen LogP contribution in [-0.4, -0.2) is 39.3 Å². The second-order valence-electron chi connectivity index (χ2n) is 4.01. The lowest BCUT2D eigenvalue weighted by Crippen LogP contribution is -2.31. The summed E-state index contributed by atoms with van der Waals surface area (Å²) in [6, 6.07) is 7.56. The molecular weight excluding hydrogens is 244 g/mol. The van der Waals surface area contributed by atoms with Gasteiger partial charge in [0.05, 0.1) is 13.2 Å². The van der Waals surface area contributed by atoms with Crippen LogP contribution in [0, 0.1) is 0 Å². The van der Waals surface area contributed by atoms with Crippen LogP contribution in [-0.2, 0) is 9.53 Å². The summed E-state index contributed by atoms with van der Waals surface area (Å²) >= 11 is 0. The maximum Gasteiger partial charge on any atom is 0.239 e. The van der Waals surface area contributed by atoms with Gasteiger partial charge in [-0.25, -0.2) is 0 Å². The van der Waals surface area contributed by atoms with Crippen LogP contribution in [0.4, 0.5) is 5.69 Å². The Hall–Kier alpha value is -1.75. The fraction of sp³-hybridized carbons (Fsp3) is 0.500. The molecular formula is C14H22N2O3. The molecule has 0 atom stereocenters. The van der Waals surface area contributed by atoms with Gasteiger partial charge in [-0.3, -0.25) is 4.79 Å². The molecule has 0 radical (unpaired) electrons. The highest BCUT2D eigenvalue weighted by molar-refractivity contribution is 5.80. The zero-order valence-corrected chi connectivity index (χ0v) is 11.6. The Kier molecular flexibility index (Phi) is 7.43. The Morgan fingerprint density at radius 3 is 2.95 bits per heavy atom. The van der Waals surface area contributed by atoms with E-state index in [0.717, 1.165) is 17.9 Å². The van der Waals surface area contributed by atoms with Crippen molar-refractivity contribution in [3.05, 3.63) is 24.3 Å². The van der Waals surface area contributed by atoms with Gasteiger partial charge in [0.25, 0.3) is 0 Å². The van der Waals surface area contributed by atoms with E-state index in [0.29, 0.717) is 19.8 Å². The highest BCUT2D eigenvalue weighted by Crippen LogP contribution is 2.16. The minimum absolute atomic E-state index is 0.0297. The predicted octanol–water partition coefficient (Wildman–Crippen LogP) is 1.65. The van der Waals surface area contributed by atoms with Crippen LogP contribution in [0.15, 0.2) is 24.3 Å². The van der Waals surface area contributed by atoms with Gasteiger partial charge in [0.1, 0.15) is 5.75 Å². The summed E-state index contributed by atoms with van der Waals surface area (Å²) in [5, 5.41) is 5.88. The number of benzene rings is 1. The molecule has 1 aromatic rings. The normalized spacial score (nSPS) is 10.0. The molecule has 0 heterocycles. The van der Waals surface area contributed by atoms with E-state index < -0.39 is 0 Å². The van der Waals surface area contributed by atoms with Crippen LogP contribution in [0.2, 0.25) is 0 Å². The van der Waals surface area contributed by atoms with Gasteiger partial charge in [0, 0.05) is 32.0 Å². The highest BCUT2D eigenvalue weighted by Gasteiger charge is 2.01. The molecule has 2 N–H and O–H groups in total. The van der Waals surface area contributed by atoms with Crippen molar-refractivity contribution in [3.8, 4) is 5.75 Å². The SMILES string of the molecule is CCOc1cccc(NCC(=O)NCCCOC)c1. The van der Waals surface area contributed by atoms with Crippen molar-refractivity contribution >= 4 is 11.6 Å². The van der Waals surface area contributed by atoms with Crippen LogP contribution in [0.5, 0.6) is 5.75 Å². The molecule has 0 saturated carbocycles. The molecule has 1 rings (SSSR count). The summed E-state index contributed by atoms with van der Waals surface area (Å²) in [7, 11) is 1.65. The number of anilines is 1. The summed E-state index contributed by atoms with van der Waals surface area (Å²) < 4.78 is 10.3. The average molecular weight is 266 g/mol. The molecule has 0 spiro atoms. The minimum Gasteiger partial charge on any atom is -0.494 e. The van der Waals surface area contributed by atoms with Crippen molar-refractivity contribution < 1.29 is 14.3 Å². The van der Waals surface area contributed by atoms with Gasteiger partial charge in [-0.05, 0) is 25.5 Å². The lowest BCUT2D eigenvalue weighted by atomic mass is 10.3. The molecule has 0 saturated heterocycles. The van der Waals surface area contributed by atoms with Crippen LogP contribution < -0.4 is 15.4 Å². The summed E-state index contributed by atoms with van der Waals surface area (Å²) in [6.07, 6.45) is 0.821. The number of nitrogens with one attached hydrogen (secondary N) is 2.